The number of aromatic carboxylic acids is 1. The van der Waals surface area contributed by atoms with Crippen molar-refractivity contribution in [3.8, 4) is 0 Å². The van der Waals surface area contributed by atoms with Gasteiger partial charge in [0.2, 0.25) is 0 Å². The van der Waals surface area contributed by atoms with Crippen molar-refractivity contribution in [1.29, 1.82) is 0 Å². The van der Waals surface area contributed by atoms with Gasteiger partial charge in [-0.15, -0.1) is 0 Å². The van der Waals surface area contributed by atoms with Crippen LogP contribution in [0.15, 0.2) is 71.2 Å². The molecule has 0 bridgehead atoms. The molecule has 0 aliphatic carbocycles. The first-order chi connectivity index (χ1) is 14.4. The molecule has 0 atom stereocenters. The molecule has 0 aromatic heterocycles. The van der Waals surface area contributed by atoms with Gasteiger partial charge in [-0.1, -0.05) is 28.1 Å². The molecule has 2 N–H and O–H groups in total. The summed E-state index contributed by atoms with van der Waals surface area (Å²) >= 11 is 3.20. The van der Waals surface area contributed by atoms with Gasteiger partial charge in [0.05, 0.1) is 28.1 Å². The predicted molar refractivity (Wildman–Crippen MR) is 113 cm³/mol. The number of hydrogen-bond donors (Lipinski definition) is 2. The number of benzene rings is 3. The number of anilines is 2. The average Bonchev–Trinajstić information content (AvgIpc) is 3.00. The molecule has 148 valence electrons. The Morgan fingerprint density at radius 2 is 1.47 bits per heavy atom. The summed E-state index contributed by atoms with van der Waals surface area (Å²) in [5.74, 6) is -2.54. The monoisotopic (exact) mass is 464 g/mol. The maximum atomic E-state index is 12.6. The second-order valence-electron chi connectivity index (χ2n) is 6.49. The topological polar surface area (TPSA) is 104 Å². The molecule has 3 amide bonds. The highest BCUT2D eigenvalue weighted by Gasteiger charge is 2.36. The lowest BCUT2D eigenvalue weighted by Crippen LogP contribution is -2.29. The van der Waals surface area contributed by atoms with E-state index in [-0.39, 0.29) is 16.8 Å². The van der Waals surface area contributed by atoms with E-state index in [1.165, 1.54) is 36.4 Å². The molecule has 0 radical (unpaired) electrons. The molecule has 3 aromatic rings. The van der Waals surface area contributed by atoms with E-state index in [0.29, 0.717) is 21.3 Å². The molecule has 7 nitrogen and oxygen atoms in total. The van der Waals surface area contributed by atoms with E-state index >= 15 is 0 Å². The summed E-state index contributed by atoms with van der Waals surface area (Å²) in [4.78, 5) is 50.1. The fraction of sp³-hybridized carbons (Fsp3) is 0. The number of carboxylic acids is 1. The predicted octanol–water partition coefficient (Wildman–Crippen LogP) is 4.20. The Labute approximate surface area is 179 Å². The lowest BCUT2D eigenvalue weighted by atomic mass is 10.1. The number of nitrogens with one attached hydrogen (secondary N) is 1. The number of hydrogen-bond acceptors (Lipinski definition) is 4. The summed E-state index contributed by atoms with van der Waals surface area (Å²) in [5, 5.41) is 11.9. The fourth-order valence-electron chi connectivity index (χ4n) is 3.18. The number of fused-ring (bicyclic) bond motifs is 1. The van der Waals surface area contributed by atoms with Gasteiger partial charge in [0, 0.05) is 10.0 Å². The zero-order valence-electron chi connectivity index (χ0n) is 15.3. The molecule has 30 heavy (non-hydrogen) atoms. The molecule has 1 aliphatic rings. The van der Waals surface area contributed by atoms with Gasteiger partial charge >= 0.3 is 5.97 Å². The van der Waals surface area contributed by atoms with Crippen LogP contribution in [0.4, 0.5) is 11.4 Å². The number of carbonyl (C=O) groups is 4. The first-order valence-corrected chi connectivity index (χ1v) is 9.58. The minimum Gasteiger partial charge on any atom is -0.478 e. The molecule has 0 fully saturated rings. The van der Waals surface area contributed by atoms with Gasteiger partial charge < -0.3 is 10.4 Å². The van der Waals surface area contributed by atoms with Crippen LogP contribution < -0.4 is 10.2 Å². The molecule has 0 saturated carbocycles. The molecule has 1 heterocycles. The first kappa shape index (κ1) is 19.5. The summed E-state index contributed by atoms with van der Waals surface area (Å²) in [6.07, 6.45) is 0. The van der Waals surface area contributed by atoms with Crippen LogP contribution in [-0.4, -0.2) is 28.8 Å². The number of nitrogens with zero attached hydrogens (tertiary/aromatic N) is 1. The van der Waals surface area contributed by atoms with Crippen LogP contribution in [0.5, 0.6) is 0 Å². The number of carbonyl (C=O) groups excluding carboxylic acids is 3. The van der Waals surface area contributed by atoms with Crippen LogP contribution in [-0.2, 0) is 0 Å². The highest BCUT2D eigenvalue weighted by molar-refractivity contribution is 9.10. The molecule has 0 spiro atoms. The van der Waals surface area contributed by atoms with E-state index in [2.05, 4.69) is 21.2 Å². The summed E-state index contributed by atoms with van der Waals surface area (Å²) < 4.78 is 0.572. The van der Waals surface area contributed by atoms with Gasteiger partial charge in [-0.2, -0.15) is 0 Å². The quantitative estimate of drug-likeness (QED) is 0.563. The maximum Gasteiger partial charge on any atom is 0.337 e. The molecular formula is C22H13BrN2O5. The minimum atomic E-state index is -1.17. The van der Waals surface area contributed by atoms with E-state index in [1.54, 1.807) is 30.3 Å². The van der Waals surface area contributed by atoms with Crippen molar-refractivity contribution < 1.29 is 24.3 Å². The van der Waals surface area contributed by atoms with E-state index in [0.717, 1.165) is 4.90 Å². The minimum absolute atomic E-state index is 0.0552. The van der Waals surface area contributed by atoms with Gasteiger partial charge in [-0.3, -0.25) is 14.4 Å². The second kappa shape index (κ2) is 7.57. The fourth-order valence-corrected chi connectivity index (χ4v) is 3.54. The lowest BCUT2D eigenvalue weighted by Gasteiger charge is -2.14. The normalized spacial score (nSPS) is 12.6. The number of carboxylic acid groups (broad SMARTS) is 1. The Hall–Kier alpha value is -3.78. The van der Waals surface area contributed by atoms with Crippen molar-refractivity contribution in [1.82, 2.24) is 0 Å². The van der Waals surface area contributed by atoms with Crippen molar-refractivity contribution in [3.05, 3.63) is 93.5 Å². The molecule has 0 saturated heterocycles. The third-order valence-electron chi connectivity index (χ3n) is 4.64. The Morgan fingerprint density at radius 1 is 0.867 bits per heavy atom. The highest BCUT2D eigenvalue weighted by atomic mass is 79.9. The zero-order valence-corrected chi connectivity index (χ0v) is 16.8. The summed E-state index contributed by atoms with van der Waals surface area (Å²) in [5.41, 5.74) is 1.35. The van der Waals surface area contributed by atoms with Crippen molar-refractivity contribution >= 4 is 51.0 Å². The van der Waals surface area contributed by atoms with E-state index in [1.807, 2.05) is 0 Å². The molecule has 3 aromatic carbocycles. The highest BCUT2D eigenvalue weighted by Crippen LogP contribution is 2.28. The van der Waals surface area contributed by atoms with Crippen molar-refractivity contribution in [2.24, 2.45) is 0 Å². The number of imide groups is 1. The maximum absolute atomic E-state index is 12.6. The zero-order chi connectivity index (χ0) is 21.4. The SMILES string of the molecule is O=C(Nc1ccc(Br)cc1C(=O)O)c1ccc(N2C(=O)c3ccccc3C2=O)cc1. The van der Waals surface area contributed by atoms with Gasteiger partial charge in [0.15, 0.2) is 0 Å². The first-order valence-electron chi connectivity index (χ1n) is 8.79. The smallest absolute Gasteiger partial charge is 0.337 e. The average molecular weight is 465 g/mol. The summed E-state index contributed by atoms with van der Waals surface area (Å²) in [6, 6.07) is 17.0. The van der Waals surface area contributed by atoms with E-state index < -0.39 is 23.7 Å². The Bertz CT molecular complexity index is 1190. The largest absolute Gasteiger partial charge is 0.478 e. The second-order valence-corrected chi connectivity index (χ2v) is 7.40. The summed E-state index contributed by atoms with van der Waals surface area (Å²) in [6.45, 7) is 0. The third kappa shape index (κ3) is 3.37. The molecule has 1 aliphatic heterocycles. The van der Waals surface area contributed by atoms with Gasteiger partial charge in [0.1, 0.15) is 0 Å². The Kier molecular flexibility index (Phi) is 4.93. The standard InChI is InChI=1S/C22H13BrN2O5/c23-13-7-10-18(17(11-13)22(29)30)24-19(26)12-5-8-14(9-6-12)25-20(27)15-3-1-2-4-16(15)21(25)28/h1-11H,(H,24,26)(H,29,30). The number of rotatable bonds is 4. The van der Waals surface area contributed by atoms with Crippen LogP contribution in [0.25, 0.3) is 0 Å². The van der Waals surface area contributed by atoms with Crippen LogP contribution in [0.2, 0.25) is 0 Å². The van der Waals surface area contributed by atoms with Crippen LogP contribution >= 0.6 is 15.9 Å². The molecule has 4 rings (SSSR count). The van der Waals surface area contributed by atoms with Crippen LogP contribution in [0, 0.1) is 0 Å². The molecule has 0 unspecified atom stereocenters. The van der Waals surface area contributed by atoms with E-state index in [4.69, 9.17) is 0 Å². The van der Waals surface area contributed by atoms with Gasteiger partial charge in [-0.25, -0.2) is 9.69 Å². The summed E-state index contributed by atoms with van der Waals surface area (Å²) in [7, 11) is 0. The third-order valence-corrected chi connectivity index (χ3v) is 5.14. The van der Waals surface area contributed by atoms with Crippen LogP contribution in [0.1, 0.15) is 41.4 Å². The van der Waals surface area contributed by atoms with Crippen molar-refractivity contribution in [2.45, 2.75) is 0 Å². The van der Waals surface area contributed by atoms with Crippen molar-refractivity contribution in [3.63, 3.8) is 0 Å². The molecular weight excluding hydrogens is 452 g/mol. The van der Waals surface area contributed by atoms with Crippen molar-refractivity contribution in [2.75, 3.05) is 10.2 Å². The Balaban J connectivity index is 1.57. The van der Waals surface area contributed by atoms with Gasteiger partial charge in [-0.05, 0) is 54.6 Å². The lowest BCUT2D eigenvalue weighted by molar-refractivity contribution is 0.0697. The van der Waals surface area contributed by atoms with E-state index in [9.17, 15) is 24.3 Å². The number of halogens is 1. The van der Waals surface area contributed by atoms with Crippen LogP contribution in [0.3, 0.4) is 0 Å². The van der Waals surface area contributed by atoms with Gasteiger partial charge in [0.25, 0.3) is 17.7 Å². The number of amides is 3. The molecule has 8 heteroatoms. The Morgan fingerprint density at radius 3 is 2.03 bits per heavy atom.